The second kappa shape index (κ2) is 8.88. The summed E-state index contributed by atoms with van der Waals surface area (Å²) in [5, 5.41) is 0. The van der Waals surface area contributed by atoms with E-state index in [9.17, 15) is 9.59 Å². The lowest BCUT2D eigenvalue weighted by atomic mass is 10.0. The van der Waals surface area contributed by atoms with Crippen LogP contribution in [-0.4, -0.2) is 11.9 Å². The van der Waals surface area contributed by atoms with E-state index in [1.807, 2.05) is 48.5 Å². The van der Waals surface area contributed by atoms with E-state index in [-0.39, 0.29) is 11.3 Å². The largest absolute Gasteiger partial charge is 0.423 e. The molecule has 0 aliphatic carbocycles. The topological polar surface area (TPSA) is 52.6 Å². The molecule has 0 amide bonds. The fourth-order valence-electron chi connectivity index (χ4n) is 3.03. The van der Waals surface area contributed by atoms with E-state index in [2.05, 4.69) is 0 Å². The number of hydrogen-bond acceptors (Lipinski definition) is 4. The normalized spacial score (nSPS) is 10.3. The summed E-state index contributed by atoms with van der Waals surface area (Å²) in [5.74, 6) is -0.575. The number of esters is 2. The molecule has 0 heterocycles. The maximum atomic E-state index is 12.9. The van der Waals surface area contributed by atoms with Crippen LogP contribution in [0.15, 0.2) is 109 Å². The SMILES string of the molecule is O=C(Oc1c(C(=O)Oc2ccccc2)cccc1-c1ccccc1)c1ccccc1. The molecule has 0 N–H and O–H groups in total. The van der Waals surface area contributed by atoms with E-state index < -0.39 is 11.9 Å². The Labute approximate surface area is 174 Å². The highest BCUT2D eigenvalue weighted by atomic mass is 16.5. The Balaban J connectivity index is 1.75. The molecule has 0 radical (unpaired) electrons. The molecule has 0 atom stereocenters. The van der Waals surface area contributed by atoms with Gasteiger partial charge in [-0.05, 0) is 35.9 Å². The summed E-state index contributed by atoms with van der Waals surface area (Å²) in [6.45, 7) is 0. The molecule has 0 fully saturated rings. The lowest BCUT2D eigenvalue weighted by Crippen LogP contribution is -2.15. The van der Waals surface area contributed by atoms with Crippen molar-refractivity contribution in [2.45, 2.75) is 0 Å². The Morgan fingerprint density at radius 3 is 1.80 bits per heavy atom. The lowest BCUT2D eigenvalue weighted by Gasteiger charge is -2.15. The lowest BCUT2D eigenvalue weighted by molar-refractivity contribution is 0.0707. The van der Waals surface area contributed by atoms with Crippen molar-refractivity contribution < 1.29 is 19.1 Å². The molecule has 0 spiro atoms. The molecular weight excluding hydrogens is 376 g/mol. The van der Waals surface area contributed by atoms with Crippen LogP contribution in [0.5, 0.6) is 11.5 Å². The molecule has 146 valence electrons. The van der Waals surface area contributed by atoms with Crippen molar-refractivity contribution in [3.05, 3.63) is 120 Å². The van der Waals surface area contributed by atoms with Crippen molar-refractivity contribution in [2.75, 3.05) is 0 Å². The van der Waals surface area contributed by atoms with Gasteiger partial charge >= 0.3 is 11.9 Å². The molecule has 0 unspecified atom stereocenters. The summed E-state index contributed by atoms with van der Waals surface area (Å²) in [6, 6.07) is 32.0. The summed E-state index contributed by atoms with van der Waals surface area (Å²) >= 11 is 0. The number of hydrogen-bond donors (Lipinski definition) is 0. The Hall–Kier alpha value is -4.18. The molecule has 30 heavy (non-hydrogen) atoms. The number of rotatable bonds is 5. The first kappa shape index (κ1) is 19.2. The third kappa shape index (κ3) is 4.28. The molecule has 4 nitrogen and oxygen atoms in total. The summed E-state index contributed by atoms with van der Waals surface area (Å²) < 4.78 is 11.2. The van der Waals surface area contributed by atoms with E-state index in [4.69, 9.17) is 9.47 Å². The fraction of sp³-hybridized carbons (Fsp3) is 0. The summed E-state index contributed by atoms with van der Waals surface area (Å²) in [4.78, 5) is 25.7. The zero-order chi connectivity index (χ0) is 20.8. The van der Waals surface area contributed by atoms with Gasteiger partial charge in [-0.15, -0.1) is 0 Å². The first-order valence-corrected chi connectivity index (χ1v) is 9.45. The van der Waals surface area contributed by atoms with Crippen LogP contribution in [-0.2, 0) is 0 Å². The van der Waals surface area contributed by atoms with Crippen molar-refractivity contribution in [2.24, 2.45) is 0 Å². The van der Waals surface area contributed by atoms with Gasteiger partial charge in [-0.25, -0.2) is 9.59 Å². The van der Waals surface area contributed by atoms with Crippen LogP contribution in [0.2, 0.25) is 0 Å². The molecule has 0 saturated carbocycles. The average molecular weight is 394 g/mol. The van der Waals surface area contributed by atoms with Crippen LogP contribution < -0.4 is 9.47 Å². The highest BCUT2D eigenvalue weighted by Crippen LogP contribution is 2.34. The van der Waals surface area contributed by atoms with E-state index in [0.717, 1.165) is 5.56 Å². The summed E-state index contributed by atoms with van der Waals surface area (Å²) in [6.07, 6.45) is 0. The Morgan fingerprint density at radius 1 is 0.533 bits per heavy atom. The first-order chi connectivity index (χ1) is 14.7. The monoisotopic (exact) mass is 394 g/mol. The van der Waals surface area contributed by atoms with Gasteiger partial charge in [-0.2, -0.15) is 0 Å². The first-order valence-electron chi connectivity index (χ1n) is 9.45. The minimum Gasteiger partial charge on any atom is -0.423 e. The highest BCUT2D eigenvalue weighted by Gasteiger charge is 2.22. The Bertz CT molecular complexity index is 1150. The van der Waals surface area contributed by atoms with Gasteiger partial charge in [0, 0.05) is 5.56 Å². The molecule has 4 rings (SSSR count). The zero-order valence-electron chi connectivity index (χ0n) is 16.0. The van der Waals surface area contributed by atoms with E-state index in [0.29, 0.717) is 16.9 Å². The maximum Gasteiger partial charge on any atom is 0.347 e. The van der Waals surface area contributed by atoms with Gasteiger partial charge in [-0.1, -0.05) is 78.9 Å². The van der Waals surface area contributed by atoms with E-state index in [1.54, 1.807) is 60.7 Å². The van der Waals surface area contributed by atoms with Gasteiger partial charge in [0.15, 0.2) is 5.75 Å². The molecule has 0 bridgehead atoms. The predicted octanol–water partition coefficient (Wildman–Crippen LogP) is 5.79. The third-order valence-corrected chi connectivity index (χ3v) is 4.48. The molecular formula is C26H18O4. The molecule has 0 aromatic heterocycles. The minimum atomic E-state index is -0.602. The van der Waals surface area contributed by atoms with E-state index >= 15 is 0 Å². The molecule has 0 aliphatic heterocycles. The predicted molar refractivity (Wildman–Crippen MR) is 115 cm³/mol. The number of carbonyl (C=O) groups is 2. The smallest absolute Gasteiger partial charge is 0.347 e. The number of ether oxygens (including phenoxy) is 2. The molecule has 4 aromatic rings. The van der Waals surface area contributed by atoms with Gasteiger partial charge in [0.25, 0.3) is 0 Å². The second-order valence-electron chi connectivity index (χ2n) is 6.51. The van der Waals surface area contributed by atoms with Crippen LogP contribution in [0.1, 0.15) is 20.7 Å². The van der Waals surface area contributed by atoms with Crippen LogP contribution in [0.4, 0.5) is 0 Å². The van der Waals surface area contributed by atoms with Crippen LogP contribution in [0.3, 0.4) is 0 Å². The number of benzene rings is 4. The summed E-state index contributed by atoms with van der Waals surface area (Å²) in [7, 11) is 0. The Kier molecular flexibility index (Phi) is 5.67. The Morgan fingerprint density at radius 2 is 1.13 bits per heavy atom. The van der Waals surface area contributed by atoms with Gasteiger partial charge in [0.05, 0.1) is 5.56 Å². The van der Waals surface area contributed by atoms with Crippen molar-refractivity contribution in [1.29, 1.82) is 0 Å². The molecule has 0 saturated heterocycles. The van der Waals surface area contributed by atoms with Gasteiger partial charge in [-0.3, -0.25) is 0 Å². The van der Waals surface area contributed by atoms with Gasteiger partial charge in [0.2, 0.25) is 0 Å². The quantitative estimate of drug-likeness (QED) is 0.317. The number of para-hydroxylation sites is 2. The summed E-state index contributed by atoms with van der Waals surface area (Å²) in [5.41, 5.74) is 2.01. The molecule has 4 heteroatoms. The van der Waals surface area contributed by atoms with Crippen molar-refractivity contribution >= 4 is 11.9 Å². The number of carbonyl (C=O) groups excluding carboxylic acids is 2. The van der Waals surface area contributed by atoms with Crippen LogP contribution in [0, 0.1) is 0 Å². The third-order valence-electron chi connectivity index (χ3n) is 4.48. The fourth-order valence-corrected chi connectivity index (χ4v) is 3.03. The van der Waals surface area contributed by atoms with E-state index in [1.165, 1.54) is 0 Å². The van der Waals surface area contributed by atoms with Crippen LogP contribution >= 0.6 is 0 Å². The van der Waals surface area contributed by atoms with Crippen molar-refractivity contribution in [1.82, 2.24) is 0 Å². The molecule has 4 aromatic carbocycles. The standard InChI is InChI=1S/C26H18O4/c27-25(20-13-6-2-7-14-20)30-24-22(19-11-4-1-5-12-19)17-10-18-23(24)26(28)29-21-15-8-3-9-16-21/h1-18H. The zero-order valence-corrected chi connectivity index (χ0v) is 16.0. The average Bonchev–Trinajstić information content (AvgIpc) is 2.81. The van der Waals surface area contributed by atoms with Crippen molar-refractivity contribution in [3.8, 4) is 22.6 Å². The van der Waals surface area contributed by atoms with Gasteiger partial charge < -0.3 is 9.47 Å². The maximum absolute atomic E-state index is 12.9. The highest BCUT2D eigenvalue weighted by molar-refractivity contribution is 6.00. The van der Waals surface area contributed by atoms with Crippen LogP contribution in [0.25, 0.3) is 11.1 Å². The molecule has 0 aliphatic rings. The van der Waals surface area contributed by atoms with Gasteiger partial charge in [0.1, 0.15) is 11.3 Å². The van der Waals surface area contributed by atoms with Crippen molar-refractivity contribution in [3.63, 3.8) is 0 Å². The minimum absolute atomic E-state index is 0.165. The second-order valence-corrected chi connectivity index (χ2v) is 6.51.